The minimum absolute atomic E-state index is 0. The van der Waals surface area contributed by atoms with Crippen LogP contribution in [0.3, 0.4) is 0 Å². The van der Waals surface area contributed by atoms with E-state index in [0.717, 1.165) is 12.2 Å². The maximum Gasteiger partial charge on any atom is 1.00 e. The van der Waals surface area contributed by atoms with Crippen molar-refractivity contribution in [2.24, 2.45) is 5.92 Å². The molecule has 0 heterocycles. The Labute approximate surface area is 202 Å². The smallest absolute Gasteiger partial charge is 0.550 e. The quantitative estimate of drug-likeness (QED) is 0.260. The molecule has 0 aromatic rings. The average Bonchev–Trinajstić information content (AvgIpc) is 2.20. The van der Waals surface area contributed by atoms with E-state index in [0.29, 0.717) is 0 Å². The van der Waals surface area contributed by atoms with Crippen LogP contribution in [0, 0.1) is 5.92 Å². The van der Waals surface area contributed by atoms with Gasteiger partial charge in [0.15, 0.2) is 0 Å². The maximum absolute atomic E-state index is 11.3. The summed E-state index contributed by atoms with van der Waals surface area (Å²) in [4.78, 5) is 22.0. The van der Waals surface area contributed by atoms with Crippen molar-refractivity contribution in [3.05, 3.63) is 25.3 Å². The minimum atomic E-state index is -5.26. The van der Waals surface area contributed by atoms with E-state index in [1.165, 1.54) is 0 Å². The summed E-state index contributed by atoms with van der Waals surface area (Å²) < 4.78 is 28.5. The molecule has 2 unspecified atom stereocenters. The van der Waals surface area contributed by atoms with Gasteiger partial charge in [-0.3, -0.25) is 4.55 Å². The van der Waals surface area contributed by atoms with Crippen LogP contribution in [0.1, 0.15) is 12.8 Å². The van der Waals surface area contributed by atoms with Crippen molar-refractivity contribution >= 4 is 22.1 Å². The monoisotopic (exact) mass is 354 g/mol. The van der Waals surface area contributed by atoms with Crippen molar-refractivity contribution in [1.29, 1.82) is 0 Å². The van der Waals surface area contributed by atoms with Crippen LogP contribution in [0.2, 0.25) is 0 Å². The summed E-state index contributed by atoms with van der Waals surface area (Å²) in [6.07, 6.45) is 0.514. The largest absolute Gasteiger partial charge is 1.00 e. The Bertz CT molecular complexity index is 474. The first-order valence-corrected chi connectivity index (χ1v) is 6.20. The van der Waals surface area contributed by atoms with Gasteiger partial charge in [-0.1, -0.05) is 12.2 Å². The fraction of sp³-hybridized carbons (Fsp3) is 0.400. The topological polar surface area (TPSA) is 135 Å². The van der Waals surface area contributed by atoms with Crippen molar-refractivity contribution in [1.82, 2.24) is 0 Å². The Balaban J connectivity index is -0.00000144. The van der Waals surface area contributed by atoms with Crippen LogP contribution in [0.4, 0.5) is 0 Å². The fourth-order valence-electron chi connectivity index (χ4n) is 1.62. The number of hydrogen-bond donors (Lipinski definition) is 1. The van der Waals surface area contributed by atoms with Gasteiger partial charge in [0.25, 0.3) is 10.1 Å². The van der Waals surface area contributed by atoms with Crippen LogP contribution >= 0.6 is 0 Å². The summed E-state index contributed by atoms with van der Waals surface area (Å²) >= 11 is 0. The normalized spacial score (nSPS) is 14.7. The van der Waals surface area contributed by atoms with E-state index in [-0.39, 0.29) is 103 Å². The molecule has 0 aliphatic rings. The number of carbonyl (C=O) groups is 2. The van der Waals surface area contributed by atoms with Gasteiger partial charge in [-0.2, -0.15) is 8.42 Å². The third-order valence-electron chi connectivity index (χ3n) is 2.50. The Morgan fingerprint density at radius 1 is 1.20 bits per heavy atom. The Morgan fingerprint density at radius 2 is 1.65 bits per heavy atom. The van der Waals surface area contributed by atoms with Crippen molar-refractivity contribution in [3.8, 4) is 0 Å². The Hall–Kier alpha value is 1.60. The molecular formula is C10H12K2O7S. The van der Waals surface area contributed by atoms with Crippen molar-refractivity contribution in [3.63, 3.8) is 0 Å². The van der Waals surface area contributed by atoms with Crippen LogP contribution < -0.4 is 113 Å². The molecule has 0 amide bonds. The van der Waals surface area contributed by atoms with E-state index in [1.807, 2.05) is 0 Å². The summed E-state index contributed by atoms with van der Waals surface area (Å²) in [6.45, 7) is 6.33. The van der Waals surface area contributed by atoms with Crippen LogP contribution in [-0.2, 0) is 19.7 Å². The molecule has 0 fully saturated rings. The zero-order valence-electron chi connectivity index (χ0n) is 11.4. The molecule has 0 bridgehead atoms. The van der Waals surface area contributed by atoms with Gasteiger partial charge in [0.2, 0.25) is 0 Å². The number of rotatable bonds is 8. The van der Waals surface area contributed by atoms with Gasteiger partial charge in [0.05, 0.1) is 5.97 Å². The average molecular weight is 354 g/mol. The molecule has 102 valence electrons. The number of carbonyl (C=O) groups excluding carboxylic acids is 2. The van der Waals surface area contributed by atoms with Crippen LogP contribution in [-0.4, -0.2) is 29.7 Å². The summed E-state index contributed by atoms with van der Waals surface area (Å²) in [7, 11) is -5.26. The zero-order valence-corrected chi connectivity index (χ0v) is 18.4. The molecule has 0 rings (SSSR count). The molecule has 7 nitrogen and oxygen atoms in total. The zero-order chi connectivity index (χ0) is 14.6. The van der Waals surface area contributed by atoms with E-state index >= 15 is 0 Å². The molecule has 20 heavy (non-hydrogen) atoms. The standard InChI is InChI=1S/C10H14O7S.2K/c1-3-5-7(8(11)12)10(6-4-2,9(13)14)18(15,16)17;;/h3-4,7H,1-2,5-6H2,(H,11,12)(H,13,14)(H,15,16,17);;/q;2*+1/p-2. The van der Waals surface area contributed by atoms with Gasteiger partial charge in [0.1, 0.15) is 4.75 Å². The van der Waals surface area contributed by atoms with Gasteiger partial charge in [-0.15, -0.1) is 13.2 Å². The summed E-state index contributed by atoms with van der Waals surface area (Å²) in [6, 6.07) is 0. The molecule has 0 aliphatic carbocycles. The number of aliphatic carboxylic acids is 2. The van der Waals surface area contributed by atoms with Crippen LogP contribution in [0.5, 0.6) is 0 Å². The van der Waals surface area contributed by atoms with Gasteiger partial charge in [-0.25, -0.2) is 0 Å². The second kappa shape index (κ2) is 11.2. The number of allylic oxidation sites excluding steroid dienone is 2. The van der Waals surface area contributed by atoms with E-state index < -0.39 is 45.6 Å². The molecule has 0 aliphatic heterocycles. The summed E-state index contributed by atoms with van der Waals surface area (Å²) in [5.41, 5.74) is 0. The number of carboxylic acids is 2. The Kier molecular flexibility index (Phi) is 14.8. The number of hydrogen-bond acceptors (Lipinski definition) is 6. The van der Waals surface area contributed by atoms with E-state index in [1.54, 1.807) is 0 Å². The number of carboxylic acid groups (broad SMARTS) is 2. The first kappa shape index (κ1) is 26.5. The molecule has 1 N–H and O–H groups in total. The van der Waals surface area contributed by atoms with Crippen LogP contribution in [0.15, 0.2) is 25.3 Å². The predicted molar refractivity (Wildman–Crippen MR) is 57.4 cm³/mol. The van der Waals surface area contributed by atoms with E-state index in [9.17, 15) is 28.2 Å². The van der Waals surface area contributed by atoms with Crippen molar-refractivity contribution in [2.75, 3.05) is 0 Å². The summed E-state index contributed by atoms with van der Waals surface area (Å²) in [5, 5.41) is 22.0. The molecular weight excluding hydrogens is 342 g/mol. The van der Waals surface area contributed by atoms with E-state index in [4.69, 9.17) is 4.55 Å². The Morgan fingerprint density at radius 3 is 1.85 bits per heavy atom. The SMILES string of the molecule is C=CCC(C(=O)[O-])C(CC=C)(C(=O)[O-])S(=O)(=O)O.[K+].[K+]. The van der Waals surface area contributed by atoms with Gasteiger partial charge < -0.3 is 19.8 Å². The van der Waals surface area contributed by atoms with Gasteiger partial charge >= 0.3 is 103 Å². The first-order chi connectivity index (χ1) is 8.15. The fourth-order valence-corrected chi connectivity index (χ4v) is 2.71. The third-order valence-corrected chi connectivity index (χ3v) is 4.04. The molecule has 0 aromatic heterocycles. The molecule has 0 radical (unpaired) electrons. The van der Waals surface area contributed by atoms with E-state index in [2.05, 4.69) is 13.2 Å². The predicted octanol–water partition coefficient (Wildman–Crippen LogP) is -8.11. The van der Waals surface area contributed by atoms with Crippen molar-refractivity contribution in [2.45, 2.75) is 17.6 Å². The van der Waals surface area contributed by atoms with Crippen LogP contribution in [0.25, 0.3) is 0 Å². The molecule has 0 spiro atoms. The molecule has 2 atom stereocenters. The molecule has 0 saturated heterocycles. The second-order valence-corrected chi connectivity index (χ2v) is 5.22. The molecule has 10 heteroatoms. The minimum Gasteiger partial charge on any atom is -0.550 e. The molecule has 0 saturated carbocycles. The van der Waals surface area contributed by atoms with Crippen molar-refractivity contribution < 1.29 is 136 Å². The first-order valence-electron chi connectivity index (χ1n) is 4.76. The maximum atomic E-state index is 11.3. The molecule has 0 aromatic carbocycles. The summed E-state index contributed by atoms with van der Waals surface area (Å²) in [5.74, 6) is -6.22. The van der Waals surface area contributed by atoms with Gasteiger partial charge in [-0.05, 0) is 12.8 Å². The third kappa shape index (κ3) is 6.01. The second-order valence-electron chi connectivity index (χ2n) is 3.54. The van der Waals surface area contributed by atoms with Gasteiger partial charge in [0, 0.05) is 11.9 Å².